The van der Waals surface area contributed by atoms with Gasteiger partial charge in [-0.1, -0.05) is 42.5 Å². The summed E-state index contributed by atoms with van der Waals surface area (Å²) in [6.45, 7) is 1.86. The molecular weight excluding hydrogens is 343 g/mol. The molecule has 4 aromatic rings. The van der Waals surface area contributed by atoms with E-state index in [4.69, 9.17) is 9.15 Å². The van der Waals surface area contributed by atoms with E-state index in [0.29, 0.717) is 33.6 Å². The highest BCUT2D eigenvalue weighted by Crippen LogP contribution is 2.35. The molecule has 0 aliphatic rings. The van der Waals surface area contributed by atoms with Crippen LogP contribution in [0.5, 0.6) is 5.75 Å². The SMILES string of the molecule is COc1ccc2c(=O)c(-c3ccc(F)cc3)c(-c3ccccc3)oc2c1C. The highest BCUT2D eigenvalue weighted by molar-refractivity contribution is 5.91. The third kappa shape index (κ3) is 2.89. The van der Waals surface area contributed by atoms with E-state index in [0.717, 1.165) is 11.1 Å². The maximum Gasteiger partial charge on any atom is 0.201 e. The lowest BCUT2D eigenvalue weighted by Crippen LogP contribution is -2.08. The first-order valence-corrected chi connectivity index (χ1v) is 8.56. The largest absolute Gasteiger partial charge is 0.496 e. The van der Waals surface area contributed by atoms with Crippen LogP contribution in [0.4, 0.5) is 4.39 Å². The molecule has 0 bridgehead atoms. The summed E-state index contributed by atoms with van der Waals surface area (Å²) in [5, 5.41) is 0.465. The molecule has 0 aliphatic carbocycles. The van der Waals surface area contributed by atoms with Crippen molar-refractivity contribution >= 4 is 11.0 Å². The quantitative estimate of drug-likeness (QED) is 0.478. The number of fused-ring (bicyclic) bond motifs is 1. The second-order valence-electron chi connectivity index (χ2n) is 6.28. The van der Waals surface area contributed by atoms with Crippen molar-refractivity contribution in [2.24, 2.45) is 0 Å². The van der Waals surface area contributed by atoms with Crippen LogP contribution in [0, 0.1) is 12.7 Å². The van der Waals surface area contributed by atoms with Crippen molar-refractivity contribution in [1.29, 1.82) is 0 Å². The molecule has 0 N–H and O–H groups in total. The van der Waals surface area contributed by atoms with Gasteiger partial charge in [-0.05, 0) is 36.8 Å². The van der Waals surface area contributed by atoms with Crippen LogP contribution in [0.15, 0.2) is 75.9 Å². The van der Waals surface area contributed by atoms with Crippen LogP contribution in [0.2, 0.25) is 0 Å². The second-order valence-corrected chi connectivity index (χ2v) is 6.28. The molecule has 0 unspecified atom stereocenters. The van der Waals surface area contributed by atoms with Crippen LogP contribution >= 0.6 is 0 Å². The molecule has 0 saturated carbocycles. The number of ether oxygens (including phenoxy) is 1. The second kappa shape index (κ2) is 6.72. The molecule has 3 nitrogen and oxygen atoms in total. The van der Waals surface area contributed by atoms with E-state index in [2.05, 4.69) is 0 Å². The fraction of sp³-hybridized carbons (Fsp3) is 0.0870. The smallest absolute Gasteiger partial charge is 0.201 e. The van der Waals surface area contributed by atoms with Gasteiger partial charge in [0.25, 0.3) is 0 Å². The number of benzene rings is 3. The Hall–Kier alpha value is -3.40. The van der Waals surface area contributed by atoms with Gasteiger partial charge in [-0.3, -0.25) is 4.79 Å². The first-order chi connectivity index (χ1) is 13.1. The lowest BCUT2D eigenvalue weighted by molar-refractivity contribution is 0.411. The predicted molar refractivity (Wildman–Crippen MR) is 105 cm³/mol. The first-order valence-electron chi connectivity index (χ1n) is 8.56. The summed E-state index contributed by atoms with van der Waals surface area (Å²) in [7, 11) is 1.58. The molecule has 4 rings (SSSR count). The fourth-order valence-electron chi connectivity index (χ4n) is 3.27. The molecule has 0 spiro atoms. The van der Waals surface area contributed by atoms with Gasteiger partial charge in [-0.15, -0.1) is 0 Å². The van der Waals surface area contributed by atoms with Gasteiger partial charge in [0.1, 0.15) is 22.9 Å². The monoisotopic (exact) mass is 360 g/mol. The molecule has 27 heavy (non-hydrogen) atoms. The molecule has 0 radical (unpaired) electrons. The summed E-state index contributed by atoms with van der Waals surface area (Å²) in [4.78, 5) is 13.4. The topological polar surface area (TPSA) is 39.4 Å². The fourth-order valence-corrected chi connectivity index (χ4v) is 3.27. The van der Waals surface area contributed by atoms with E-state index in [-0.39, 0.29) is 11.2 Å². The number of hydrogen-bond donors (Lipinski definition) is 0. The minimum Gasteiger partial charge on any atom is -0.496 e. The zero-order valence-electron chi connectivity index (χ0n) is 15.0. The third-order valence-corrected chi connectivity index (χ3v) is 4.65. The van der Waals surface area contributed by atoms with Crippen molar-refractivity contribution in [3.05, 3.63) is 88.3 Å². The van der Waals surface area contributed by atoms with Gasteiger partial charge in [0.2, 0.25) is 5.43 Å². The molecule has 0 saturated heterocycles. The Morgan fingerprint density at radius 3 is 2.26 bits per heavy atom. The molecule has 0 amide bonds. The summed E-state index contributed by atoms with van der Waals surface area (Å²) in [6.07, 6.45) is 0. The molecule has 0 atom stereocenters. The Kier molecular flexibility index (Phi) is 4.24. The Morgan fingerprint density at radius 1 is 0.889 bits per heavy atom. The van der Waals surface area contributed by atoms with Gasteiger partial charge in [0, 0.05) is 11.1 Å². The third-order valence-electron chi connectivity index (χ3n) is 4.65. The Balaban J connectivity index is 2.13. The summed E-state index contributed by atoms with van der Waals surface area (Å²) < 4.78 is 25.0. The van der Waals surface area contributed by atoms with Gasteiger partial charge < -0.3 is 9.15 Å². The number of halogens is 1. The molecule has 1 aromatic heterocycles. The number of hydrogen-bond acceptors (Lipinski definition) is 3. The van der Waals surface area contributed by atoms with Crippen LogP contribution < -0.4 is 10.2 Å². The maximum atomic E-state index is 13.4. The predicted octanol–water partition coefficient (Wildman–Crippen LogP) is 5.58. The molecular formula is C23H17FO3. The van der Waals surface area contributed by atoms with Crippen LogP contribution in [-0.2, 0) is 0 Å². The van der Waals surface area contributed by atoms with Crippen molar-refractivity contribution < 1.29 is 13.5 Å². The van der Waals surface area contributed by atoms with Crippen LogP contribution in [0.1, 0.15) is 5.56 Å². The van der Waals surface area contributed by atoms with Crippen LogP contribution in [0.25, 0.3) is 33.4 Å². The van der Waals surface area contributed by atoms with E-state index in [1.807, 2.05) is 37.3 Å². The zero-order chi connectivity index (χ0) is 19.0. The maximum absolute atomic E-state index is 13.4. The lowest BCUT2D eigenvalue weighted by Gasteiger charge is -2.13. The van der Waals surface area contributed by atoms with Gasteiger partial charge in [-0.2, -0.15) is 0 Å². The minimum atomic E-state index is -0.356. The minimum absolute atomic E-state index is 0.160. The summed E-state index contributed by atoms with van der Waals surface area (Å²) in [5.74, 6) is 0.751. The Labute approximate surface area is 155 Å². The highest BCUT2D eigenvalue weighted by atomic mass is 19.1. The summed E-state index contributed by atoms with van der Waals surface area (Å²) >= 11 is 0. The van der Waals surface area contributed by atoms with Crippen molar-refractivity contribution in [2.45, 2.75) is 6.92 Å². The van der Waals surface area contributed by atoms with Gasteiger partial charge in [0.15, 0.2) is 0 Å². The Bertz CT molecular complexity index is 1180. The standard InChI is InChI=1S/C23H17FO3/c1-14-19(26-2)13-12-18-21(25)20(15-8-10-17(24)11-9-15)23(27-22(14)18)16-6-4-3-5-7-16/h3-13H,1-2H3. The first kappa shape index (κ1) is 17.0. The molecule has 0 fully saturated rings. The zero-order valence-corrected chi connectivity index (χ0v) is 15.0. The number of methoxy groups -OCH3 is 1. The van der Waals surface area contributed by atoms with E-state index in [9.17, 15) is 9.18 Å². The molecule has 0 aliphatic heterocycles. The lowest BCUT2D eigenvalue weighted by atomic mass is 9.97. The highest BCUT2D eigenvalue weighted by Gasteiger charge is 2.20. The van der Waals surface area contributed by atoms with Crippen molar-refractivity contribution in [3.8, 4) is 28.2 Å². The molecule has 3 aromatic carbocycles. The van der Waals surface area contributed by atoms with Crippen molar-refractivity contribution in [3.63, 3.8) is 0 Å². The molecule has 134 valence electrons. The van der Waals surface area contributed by atoms with Crippen LogP contribution in [0.3, 0.4) is 0 Å². The summed E-state index contributed by atoms with van der Waals surface area (Å²) in [6, 6.07) is 18.7. The average molecular weight is 360 g/mol. The Morgan fingerprint density at radius 2 is 1.59 bits per heavy atom. The molecule has 4 heteroatoms. The number of rotatable bonds is 3. The summed E-state index contributed by atoms with van der Waals surface area (Å²) in [5.41, 5.74) is 2.89. The van der Waals surface area contributed by atoms with E-state index in [1.165, 1.54) is 12.1 Å². The molecule has 1 heterocycles. The number of aryl methyl sites for hydroxylation is 1. The van der Waals surface area contributed by atoms with E-state index >= 15 is 0 Å². The van der Waals surface area contributed by atoms with Crippen molar-refractivity contribution in [1.82, 2.24) is 0 Å². The van der Waals surface area contributed by atoms with Gasteiger partial charge >= 0.3 is 0 Å². The van der Waals surface area contributed by atoms with Crippen LogP contribution in [-0.4, -0.2) is 7.11 Å². The normalized spacial score (nSPS) is 10.9. The van der Waals surface area contributed by atoms with Gasteiger partial charge in [0.05, 0.1) is 18.1 Å². The van der Waals surface area contributed by atoms with Crippen molar-refractivity contribution in [2.75, 3.05) is 7.11 Å². The van der Waals surface area contributed by atoms with Gasteiger partial charge in [-0.25, -0.2) is 4.39 Å². The van der Waals surface area contributed by atoms with E-state index in [1.54, 1.807) is 31.4 Å². The average Bonchev–Trinajstić information content (AvgIpc) is 2.70. The van der Waals surface area contributed by atoms with E-state index < -0.39 is 0 Å².